The Hall–Kier alpha value is -0.780. The average molecular weight is 328 g/mol. The third kappa shape index (κ3) is 2.47. The van der Waals surface area contributed by atoms with Crippen LogP contribution in [-0.4, -0.2) is 25.9 Å². The molecule has 1 saturated heterocycles. The zero-order valence-corrected chi connectivity index (χ0v) is 12.5. The molecule has 0 spiro atoms. The lowest BCUT2D eigenvalue weighted by atomic mass is 9.89. The van der Waals surface area contributed by atoms with E-state index >= 15 is 0 Å². The summed E-state index contributed by atoms with van der Waals surface area (Å²) in [6, 6.07) is 3.89. The Morgan fingerprint density at radius 2 is 1.89 bits per heavy atom. The zero-order chi connectivity index (χ0) is 13.4. The number of benzene rings is 1. The maximum atomic E-state index is 6.42. The smallest absolute Gasteiger partial charge is 0.162 e. The second-order valence-electron chi connectivity index (χ2n) is 5.07. The predicted octanol–water partition coefficient (Wildman–Crippen LogP) is 2.65. The van der Waals surface area contributed by atoms with Gasteiger partial charge in [0.25, 0.3) is 0 Å². The minimum Gasteiger partial charge on any atom is -0.486 e. The lowest BCUT2D eigenvalue weighted by molar-refractivity contribution is 0.0993. The fourth-order valence-electron chi connectivity index (χ4n) is 2.79. The number of fused-ring (bicyclic) bond motifs is 1. The Bertz CT molecular complexity index is 480. The van der Waals surface area contributed by atoms with Crippen molar-refractivity contribution in [2.24, 2.45) is 11.7 Å². The molecule has 19 heavy (non-hydrogen) atoms. The molecular formula is C14H18BrNO3. The summed E-state index contributed by atoms with van der Waals surface area (Å²) >= 11 is 3.59. The molecule has 0 saturated carbocycles. The molecule has 1 aromatic carbocycles. The van der Waals surface area contributed by atoms with Gasteiger partial charge in [0.1, 0.15) is 13.2 Å². The first-order valence-corrected chi connectivity index (χ1v) is 7.42. The first-order chi connectivity index (χ1) is 9.16. The van der Waals surface area contributed by atoms with E-state index in [0.29, 0.717) is 19.1 Å². The van der Waals surface area contributed by atoms with Crippen molar-refractivity contribution in [1.82, 2.24) is 0 Å². The van der Waals surface area contributed by atoms with Gasteiger partial charge in [-0.05, 0) is 31.0 Å². The minimum absolute atomic E-state index is 0.0531. The molecule has 0 aromatic heterocycles. The molecule has 0 amide bonds. The van der Waals surface area contributed by atoms with Crippen molar-refractivity contribution in [3.05, 3.63) is 22.2 Å². The Morgan fingerprint density at radius 1 is 1.21 bits per heavy atom. The van der Waals surface area contributed by atoms with Gasteiger partial charge in [-0.3, -0.25) is 0 Å². The van der Waals surface area contributed by atoms with Gasteiger partial charge in [0, 0.05) is 23.0 Å². The van der Waals surface area contributed by atoms with E-state index in [1.807, 2.05) is 12.1 Å². The van der Waals surface area contributed by atoms with Crippen molar-refractivity contribution in [2.75, 3.05) is 19.8 Å². The van der Waals surface area contributed by atoms with Crippen molar-refractivity contribution in [3.8, 4) is 11.5 Å². The monoisotopic (exact) mass is 327 g/mol. The van der Waals surface area contributed by atoms with Crippen LogP contribution in [0, 0.1) is 5.92 Å². The Morgan fingerprint density at radius 3 is 2.53 bits per heavy atom. The van der Waals surface area contributed by atoms with Gasteiger partial charge in [0.2, 0.25) is 0 Å². The van der Waals surface area contributed by atoms with E-state index in [1.54, 1.807) is 0 Å². The van der Waals surface area contributed by atoms with Gasteiger partial charge in [-0.25, -0.2) is 0 Å². The average Bonchev–Trinajstić information content (AvgIpc) is 2.83. The first kappa shape index (κ1) is 13.2. The van der Waals surface area contributed by atoms with Crippen LogP contribution in [0.2, 0.25) is 0 Å². The van der Waals surface area contributed by atoms with E-state index < -0.39 is 0 Å². The molecule has 3 unspecified atom stereocenters. The van der Waals surface area contributed by atoms with Crippen molar-refractivity contribution in [1.29, 1.82) is 0 Å². The van der Waals surface area contributed by atoms with Crippen LogP contribution in [0.5, 0.6) is 11.5 Å². The summed E-state index contributed by atoms with van der Waals surface area (Å²) in [5, 5.41) is 0. The van der Waals surface area contributed by atoms with Gasteiger partial charge >= 0.3 is 0 Å². The van der Waals surface area contributed by atoms with Crippen LogP contribution in [0.4, 0.5) is 0 Å². The van der Waals surface area contributed by atoms with Crippen molar-refractivity contribution >= 4 is 15.9 Å². The summed E-state index contributed by atoms with van der Waals surface area (Å²) in [7, 11) is 0. The Balaban J connectivity index is 1.91. The van der Waals surface area contributed by atoms with E-state index in [0.717, 1.165) is 34.6 Å². The van der Waals surface area contributed by atoms with Gasteiger partial charge < -0.3 is 19.9 Å². The van der Waals surface area contributed by atoms with Gasteiger partial charge in [-0.2, -0.15) is 0 Å². The van der Waals surface area contributed by atoms with E-state index in [1.165, 1.54) is 0 Å². The lowest BCUT2D eigenvalue weighted by Gasteiger charge is -2.26. The number of hydrogen-bond donors (Lipinski definition) is 1. The lowest BCUT2D eigenvalue weighted by Crippen LogP contribution is -2.27. The van der Waals surface area contributed by atoms with E-state index in [2.05, 4.69) is 22.9 Å². The molecule has 5 heteroatoms. The highest BCUT2D eigenvalue weighted by atomic mass is 79.9. The van der Waals surface area contributed by atoms with Gasteiger partial charge in [-0.1, -0.05) is 15.9 Å². The molecule has 3 atom stereocenters. The zero-order valence-electron chi connectivity index (χ0n) is 10.9. The molecule has 2 aliphatic rings. The topological polar surface area (TPSA) is 53.7 Å². The molecule has 0 bridgehead atoms. The van der Waals surface area contributed by atoms with Crippen LogP contribution in [0.1, 0.15) is 24.9 Å². The number of halogens is 1. The largest absolute Gasteiger partial charge is 0.486 e. The van der Waals surface area contributed by atoms with E-state index in [9.17, 15) is 0 Å². The summed E-state index contributed by atoms with van der Waals surface area (Å²) in [5.74, 6) is 1.91. The molecule has 4 nitrogen and oxygen atoms in total. The Kier molecular flexibility index (Phi) is 3.69. The van der Waals surface area contributed by atoms with Gasteiger partial charge in [0.05, 0.1) is 6.10 Å². The van der Waals surface area contributed by atoms with Crippen LogP contribution in [0.15, 0.2) is 16.6 Å². The SMILES string of the molecule is CC1OCCC1C(N)c1cc2c(cc1Br)OCCO2. The van der Waals surface area contributed by atoms with Crippen LogP contribution in [-0.2, 0) is 4.74 Å². The molecule has 1 aromatic rings. The van der Waals surface area contributed by atoms with Crippen molar-refractivity contribution in [3.63, 3.8) is 0 Å². The summed E-state index contributed by atoms with van der Waals surface area (Å²) in [6.07, 6.45) is 1.21. The summed E-state index contributed by atoms with van der Waals surface area (Å²) in [4.78, 5) is 0. The quantitative estimate of drug-likeness (QED) is 0.907. The summed E-state index contributed by atoms with van der Waals surface area (Å²) < 4.78 is 17.8. The molecule has 3 rings (SSSR count). The summed E-state index contributed by atoms with van der Waals surface area (Å²) in [6.45, 7) is 4.07. The normalized spacial score (nSPS) is 27.3. The second-order valence-corrected chi connectivity index (χ2v) is 5.93. The highest BCUT2D eigenvalue weighted by Crippen LogP contribution is 2.41. The maximum Gasteiger partial charge on any atom is 0.162 e. The third-order valence-electron chi connectivity index (χ3n) is 3.92. The molecule has 1 fully saturated rings. The summed E-state index contributed by atoms with van der Waals surface area (Å²) in [5.41, 5.74) is 7.48. The molecule has 0 radical (unpaired) electrons. The molecule has 2 N–H and O–H groups in total. The molecule has 0 aliphatic carbocycles. The van der Waals surface area contributed by atoms with Crippen LogP contribution in [0.3, 0.4) is 0 Å². The van der Waals surface area contributed by atoms with Crippen LogP contribution in [0.25, 0.3) is 0 Å². The van der Waals surface area contributed by atoms with Gasteiger partial charge in [0.15, 0.2) is 11.5 Å². The molecule has 2 heterocycles. The number of ether oxygens (including phenoxy) is 3. The van der Waals surface area contributed by atoms with Crippen LogP contribution >= 0.6 is 15.9 Å². The first-order valence-electron chi connectivity index (χ1n) is 6.63. The number of hydrogen-bond acceptors (Lipinski definition) is 4. The van der Waals surface area contributed by atoms with Crippen LogP contribution < -0.4 is 15.2 Å². The number of nitrogens with two attached hydrogens (primary N) is 1. The van der Waals surface area contributed by atoms with Crippen molar-refractivity contribution in [2.45, 2.75) is 25.5 Å². The molecule has 2 aliphatic heterocycles. The second kappa shape index (κ2) is 5.31. The Labute approximate surface area is 121 Å². The fourth-order valence-corrected chi connectivity index (χ4v) is 3.37. The van der Waals surface area contributed by atoms with E-state index in [-0.39, 0.29) is 12.1 Å². The standard InChI is InChI=1S/C14H18BrNO3/c1-8-9(2-3-17-8)14(16)10-6-12-13(7-11(10)15)19-5-4-18-12/h6-9,14H,2-5,16H2,1H3. The number of rotatable bonds is 2. The predicted molar refractivity (Wildman–Crippen MR) is 75.6 cm³/mol. The highest BCUT2D eigenvalue weighted by molar-refractivity contribution is 9.10. The van der Waals surface area contributed by atoms with E-state index in [4.69, 9.17) is 19.9 Å². The fraction of sp³-hybridized carbons (Fsp3) is 0.571. The minimum atomic E-state index is -0.0531. The molecule has 104 valence electrons. The molecular weight excluding hydrogens is 310 g/mol. The van der Waals surface area contributed by atoms with Crippen molar-refractivity contribution < 1.29 is 14.2 Å². The van der Waals surface area contributed by atoms with Gasteiger partial charge in [-0.15, -0.1) is 0 Å². The highest BCUT2D eigenvalue weighted by Gasteiger charge is 2.32. The third-order valence-corrected chi connectivity index (χ3v) is 4.60. The maximum absolute atomic E-state index is 6.42.